The SMILES string of the molecule is CCCc1nc(C(=O)Nc2nc(CC)c(C)s2)n[nH]1. The van der Waals surface area contributed by atoms with Gasteiger partial charge >= 0.3 is 0 Å². The van der Waals surface area contributed by atoms with E-state index < -0.39 is 0 Å². The largest absolute Gasteiger partial charge is 0.297 e. The number of carbonyl (C=O) groups excluding carboxylic acids is 1. The monoisotopic (exact) mass is 279 g/mol. The molecule has 0 aliphatic carbocycles. The van der Waals surface area contributed by atoms with Gasteiger partial charge in [0.15, 0.2) is 5.13 Å². The Bertz CT molecular complexity index is 574. The van der Waals surface area contributed by atoms with Crippen LogP contribution in [0.15, 0.2) is 0 Å². The smallest absolute Gasteiger partial charge is 0.295 e. The van der Waals surface area contributed by atoms with Crippen LogP contribution < -0.4 is 5.32 Å². The molecule has 0 fully saturated rings. The molecule has 0 bridgehead atoms. The summed E-state index contributed by atoms with van der Waals surface area (Å²) < 4.78 is 0. The van der Waals surface area contributed by atoms with Crippen molar-refractivity contribution in [2.24, 2.45) is 0 Å². The van der Waals surface area contributed by atoms with Crippen molar-refractivity contribution in [1.29, 1.82) is 0 Å². The van der Waals surface area contributed by atoms with Crippen molar-refractivity contribution in [3.05, 3.63) is 22.2 Å². The van der Waals surface area contributed by atoms with Gasteiger partial charge in [-0.05, 0) is 19.8 Å². The summed E-state index contributed by atoms with van der Waals surface area (Å²) in [6.45, 7) is 6.09. The number of H-pyrrole nitrogens is 1. The fraction of sp³-hybridized carbons (Fsp3) is 0.500. The molecule has 102 valence electrons. The summed E-state index contributed by atoms with van der Waals surface area (Å²) in [6, 6.07) is 0. The lowest BCUT2D eigenvalue weighted by Crippen LogP contribution is -2.13. The molecule has 2 rings (SSSR count). The summed E-state index contributed by atoms with van der Waals surface area (Å²) in [7, 11) is 0. The maximum atomic E-state index is 12.0. The number of anilines is 1. The highest BCUT2D eigenvalue weighted by Crippen LogP contribution is 2.22. The van der Waals surface area contributed by atoms with Crippen LogP contribution in [0.2, 0.25) is 0 Å². The number of nitrogens with one attached hydrogen (secondary N) is 2. The van der Waals surface area contributed by atoms with Crippen molar-refractivity contribution in [3.63, 3.8) is 0 Å². The Hall–Kier alpha value is -1.76. The van der Waals surface area contributed by atoms with E-state index in [0.717, 1.165) is 35.7 Å². The summed E-state index contributed by atoms with van der Waals surface area (Å²) in [6.07, 6.45) is 2.61. The molecule has 2 aromatic rings. The number of nitrogens with zero attached hydrogens (tertiary/aromatic N) is 3. The lowest BCUT2D eigenvalue weighted by Gasteiger charge is -1.95. The summed E-state index contributed by atoms with van der Waals surface area (Å²) in [5, 5.41) is 10.0. The predicted molar refractivity (Wildman–Crippen MR) is 74.6 cm³/mol. The first-order valence-corrected chi connectivity index (χ1v) is 7.14. The highest BCUT2D eigenvalue weighted by molar-refractivity contribution is 7.15. The summed E-state index contributed by atoms with van der Waals surface area (Å²) in [5.74, 6) is 0.571. The van der Waals surface area contributed by atoms with E-state index in [1.807, 2.05) is 20.8 Å². The van der Waals surface area contributed by atoms with Gasteiger partial charge in [0, 0.05) is 11.3 Å². The Morgan fingerprint density at radius 2 is 2.16 bits per heavy atom. The summed E-state index contributed by atoms with van der Waals surface area (Å²) in [4.78, 5) is 21.6. The van der Waals surface area contributed by atoms with Crippen molar-refractivity contribution in [2.45, 2.75) is 40.0 Å². The normalized spacial score (nSPS) is 10.7. The second kappa shape index (κ2) is 5.92. The molecule has 2 heterocycles. The number of hydrogen-bond acceptors (Lipinski definition) is 5. The Morgan fingerprint density at radius 1 is 1.37 bits per heavy atom. The van der Waals surface area contributed by atoms with Crippen molar-refractivity contribution in [1.82, 2.24) is 20.2 Å². The molecule has 0 aromatic carbocycles. The molecular weight excluding hydrogens is 262 g/mol. The molecule has 19 heavy (non-hydrogen) atoms. The molecule has 0 unspecified atom stereocenters. The van der Waals surface area contributed by atoms with Crippen LogP contribution in [-0.2, 0) is 12.8 Å². The van der Waals surface area contributed by atoms with Crippen molar-refractivity contribution < 1.29 is 4.79 Å². The molecule has 6 nitrogen and oxygen atoms in total. The number of amides is 1. The number of rotatable bonds is 5. The fourth-order valence-electron chi connectivity index (χ4n) is 1.71. The lowest BCUT2D eigenvalue weighted by molar-refractivity contribution is 0.101. The number of carbonyl (C=O) groups is 1. The topological polar surface area (TPSA) is 83.6 Å². The first-order chi connectivity index (χ1) is 9.13. The molecule has 0 atom stereocenters. The Kier molecular flexibility index (Phi) is 4.26. The number of aryl methyl sites for hydroxylation is 3. The maximum Gasteiger partial charge on any atom is 0.297 e. The second-order valence-corrected chi connectivity index (χ2v) is 5.39. The van der Waals surface area contributed by atoms with E-state index >= 15 is 0 Å². The summed E-state index contributed by atoms with van der Waals surface area (Å²) in [5.41, 5.74) is 1.02. The second-order valence-electron chi connectivity index (χ2n) is 4.19. The zero-order chi connectivity index (χ0) is 13.8. The van der Waals surface area contributed by atoms with Crippen molar-refractivity contribution in [2.75, 3.05) is 5.32 Å². The van der Waals surface area contributed by atoms with E-state index in [-0.39, 0.29) is 11.7 Å². The van der Waals surface area contributed by atoms with Crippen molar-refractivity contribution in [3.8, 4) is 0 Å². The van der Waals surface area contributed by atoms with E-state index in [4.69, 9.17) is 0 Å². The minimum Gasteiger partial charge on any atom is -0.295 e. The van der Waals surface area contributed by atoms with E-state index in [1.165, 1.54) is 11.3 Å². The van der Waals surface area contributed by atoms with E-state index in [0.29, 0.717) is 5.13 Å². The third-order valence-corrected chi connectivity index (χ3v) is 3.60. The van der Waals surface area contributed by atoms with Crippen LogP contribution in [0.3, 0.4) is 0 Å². The Balaban J connectivity index is 2.06. The molecule has 0 aliphatic rings. The van der Waals surface area contributed by atoms with Gasteiger partial charge in [0.05, 0.1) is 5.69 Å². The predicted octanol–water partition coefficient (Wildman–Crippen LogP) is 2.34. The lowest BCUT2D eigenvalue weighted by atomic mass is 10.3. The fourth-order valence-corrected chi connectivity index (χ4v) is 2.61. The van der Waals surface area contributed by atoms with Crippen LogP contribution in [0.5, 0.6) is 0 Å². The highest BCUT2D eigenvalue weighted by Gasteiger charge is 2.15. The van der Waals surface area contributed by atoms with Gasteiger partial charge in [-0.25, -0.2) is 9.97 Å². The zero-order valence-electron chi connectivity index (χ0n) is 11.3. The molecule has 7 heteroatoms. The number of aromatic amines is 1. The number of hydrogen-bond donors (Lipinski definition) is 2. The van der Waals surface area contributed by atoms with Gasteiger partial charge in [0.1, 0.15) is 5.82 Å². The van der Waals surface area contributed by atoms with Crippen LogP contribution in [0.25, 0.3) is 0 Å². The minimum atomic E-state index is -0.324. The Morgan fingerprint density at radius 3 is 2.79 bits per heavy atom. The zero-order valence-corrected chi connectivity index (χ0v) is 12.1. The molecule has 0 radical (unpaired) electrons. The first-order valence-electron chi connectivity index (χ1n) is 6.33. The molecule has 2 aromatic heterocycles. The van der Waals surface area contributed by atoms with Gasteiger partial charge in [-0.3, -0.25) is 15.2 Å². The van der Waals surface area contributed by atoms with Crippen molar-refractivity contribution >= 4 is 22.4 Å². The molecule has 0 saturated carbocycles. The van der Waals surface area contributed by atoms with Gasteiger partial charge in [-0.2, -0.15) is 0 Å². The quantitative estimate of drug-likeness (QED) is 0.880. The molecule has 1 amide bonds. The van der Waals surface area contributed by atoms with Crippen LogP contribution in [0.4, 0.5) is 5.13 Å². The van der Waals surface area contributed by atoms with Gasteiger partial charge in [-0.15, -0.1) is 16.4 Å². The third-order valence-electron chi connectivity index (χ3n) is 2.67. The Labute approximate surface area is 115 Å². The number of aromatic nitrogens is 4. The molecule has 0 aliphatic heterocycles. The van der Waals surface area contributed by atoms with Gasteiger partial charge in [-0.1, -0.05) is 13.8 Å². The molecule has 0 spiro atoms. The van der Waals surface area contributed by atoms with Crippen LogP contribution in [-0.4, -0.2) is 26.1 Å². The maximum absolute atomic E-state index is 12.0. The first kappa shape index (κ1) is 13.7. The minimum absolute atomic E-state index is 0.161. The van der Waals surface area contributed by atoms with Crippen LogP contribution in [0, 0.1) is 6.92 Å². The van der Waals surface area contributed by atoms with Gasteiger partial charge in [0.25, 0.3) is 5.91 Å². The number of thiazole rings is 1. The van der Waals surface area contributed by atoms with Crippen LogP contribution in [0.1, 0.15) is 47.3 Å². The van der Waals surface area contributed by atoms with E-state index in [2.05, 4.69) is 25.5 Å². The van der Waals surface area contributed by atoms with E-state index in [1.54, 1.807) is 0 Å². The van der Waals surface area contributed by atoms with Crippen LogP contribution >= 0.6 is 11.3 Å². The average Bonchev–Trinajstić information content (AvgIpc) is 2.96. The van der Waals surface area contributed by atoms with Gasteiger partial charge < -0.3 is 0 Å². The molecular formula is C12H17N5OS. The van der Waals surface area contributed by atoms with Gasteiger partial charge in [0.2, 0.25) is 5.82 Å². The molecule has 0 saturated heterocycles. The average molecular weight is 279 g/mol. The van der Waals surface area contributed by atoms with E-state index in [9.17, 15) is 4.79 Å². The standard InChI is InChI=1S/C12H17N5OS/c1-4-6-9-14-10(17-16-9)11(18)15-12-13-8(5-2)7(3)19-12/h4-6H2,1-3H3,(H,13,15,18)(H,14,16,17). The third kappa shape index (κ3) is 3.17. The molecule has 2 N–H and O–H groups in total. The summed E-state index contributed by atoms with van der Waals surface area (Å²) >= 11 is 1.47. The highest BCUT2D eigenvalue weighted by atomic mass is 32.1.